The molecule has 67 heavy (non-hydrogen) atoms. The van der Waals surface area contributed by atoms with Gasteiger partial charge < -0.3 is 4.74 Å². The van der Waals surface area contributed by atoms with Gasteiger partial charge in [-0.15, -0.1) is 21.9 Å². The molecule has 6 aromatic rings. The van der Waals surface area contributed by atoms with E-state index in [4.69, 9.17) is 10.3 Å². The zero-order valence-corrected chi connectivity index (χ0v) is 31.8. The first kappa shape index (κ1) is 50.4. The Labute approximate surface area is 357 Å². The van der Waals surface area contributed by atoms with E-state index in [0.717, 1.165) is 0 Å². The highest BCUT2D eigenvalue weighted by Crippen LogP contribution is 2.30. The van der Waals surface area contributed by atoms with E-state index >= 15 is 35.1 Å². The fraction of sp³-hybridized carbons (Fsp3) is 0.0513. The topological polar surface area (TPSA) is 96.0 Å². The maximum Gasteiger partial charge on any atom is 0.403 e. The van der Waals surface area contributed by atoms with Crippen LogP contribution in [-0.4, -0.2) is 24.6 Å². The van der Waals surface area contributed by atoms with Crippen molar-refractivity contribution in [3.05, 3.63) is 193 Å². The third-order valence-electron chi connectivity index (χ3n) is 9.58. The number of Topliss-reactive ketones (excluding diaryl/α,β-unsaturated/α-hetero) is 1. The Morgan fingerprint density at radius 3 is 1.07 bits per heavy atom. The van der Waals surface area contributed by atoms with Crippen molar-refractivity contribution in [2.75, 3.05) is 6.73 Å². The number of ketones is 1. The number of rotatable bonds is 10. The fourth-order valence-corrected chi connectivity index (χ4v) is 6.73. The highest BCUT2D eigenvalue weighted by Gasteiger charge is 2.52. The SMILES string of the molecule is Fc1c(F)c(F)c([B-](c2c(F)c(F)c(F)c(F)c2F)(c2c(F)c(F)c(F)c(F)c2F)c2c(F)c(F)c(F)c(F)c2F)c(F)c1F.[N-]=[N+]=NCOC(=O)c1cccc[n+]1CC(=O)c1ccccc1. The first-order valence-electron chi connectivity index (χ1n) is 17.4. The van der Waals surface area contributed by atoms with Crippen molar-refractivity contribution in [2.24, 2.45) is 5.11 Å². The number of carbonyl (C=O) groups excluding carboxylic acids is 2. The highest BCUT2D eigenvalue weighted by atomic mass is 19.2. The van der Waals surface area contributed by atoms with Crippen LogP contribution in [-0.2, 0) is 11.3 Å². The predicted molar refractivity (Wildman–Crippen MR) is 186 cm³/mol. The van der Waals surface area contributed by atoms with Gasteiger partial charge in [0.05, 0.1) is 0 Å². The van der Waals surface area contributed by atoms with E-state index in [1.54, 1.807) is 42.6 Å². The Morgan fingerprint density at radius 2 is 0.761 bits per heavy atom. The van der Waals surface area contributed by atoms with Crippen molar-refractivity contribution in [2.45, 2.75) is 6.54 Å². The molecule has 6 rings (SSSR count). The predicted octanol–water partition coefficient (Wildman–Crippen LogP) is 8.13. The molecule has 1 heterocycles. The van der Waals surface area contributed by atoms with Crippen molar-refractivity contribution in [3.8, 4) is 0 Å². The first-order chi connectivity index (χ1) is 31.4. The van der Waals surface area contributed by atoms with Crippen LogP contribution in [0.3, 0.4) is 0 Å². The van der Waals surface area contributed by atoms with E-state index in [2.05, 4.69) is 10.0 Å². The van der Waals surface area contributed by atoms with Crippen molar-refractivity contribution in [3.63, 3.8) is 0 Å². The van der Waals surface area contributed by atoms with E-state index in [1.165, 1.54) is 10.6 Å². The quantitative estimate of drug-likeness (QED) is 0.0133. The molecule has 0 spiro atoms. The Morgan fingerprint density at radius 1 is 0.463 bits per heavy atom. The maximum atomic E-state index is 15.4. The number of carbonyl (C=O) groups is 2. The van der Waals surface area contributed by atoms with E-state index in [1.807, 2.05) is 6.07 Å². The zero-order chi connectivity index (χ0) is 50.1. The summed E-state index contributed by atoms with van der Waals surface area (Å²) in [5.74, 6) is -72.2. The van der Waals surface area contributed by atoms with E-state index in [0.29, 0.717) is 5.56 Å². The van der Waals surface area contributed by atoms with Gasteiger partial charge in [-0.2, -0.15) is 4.57 Å². The van der Waals surface area contributed by atoms with Gasteiger partial charge in [0, 0.05) is 22.6 Å². The number of esters is 1. The lowest BCUT2D eigenvalue weighted by Gasteiger charge is -2.44. The third kappa shape index (κ3) is 8.42. The molecule has 0 saturated carbocycles. The molecule has 5 aromatic carbocycles. The van der Waals surface area contributed by atoms with Crippen molar-refractivity contribution in [1.82, 2.24) is 0 Å². The van der Waals surface area contributed by atoms with Crippen LogP contribution in [0.4, 0.5) is 87.8 Å². The molecule has 0 amide bonds. The molecule has 0 aliphatic heterocycles. The number of pyridine rings is 1. The number of hydrogen-bond acceptors (Lipinski definition) is 4. The van der Waals surface area contributed by atoms with Crippen molar-refractivity contribution in [1.29, 1.82) is 0 Å². The van der Waals surface area contributed by atoms with E-state index in [9.17, 15) is 62.3 Å². The van der Waals surface area contributed by atoms with Crippen LogP contribution in [0.15, 0.2) is 59.8 Å². The molecule has 0 saturated heterocycles. The van der Waals surface area contributed by atoms with Crippen LogP contribution in [0.2, 0.25) is 0 Å². The minimum atomic E-state index is -7.22. The molecule has 0 radical (unpaired) electrons. The number of nitrogens with zero attached hydrogens (tertiary/aromatic N) is 4. The Hall–Kier alpha value is -7.64. The molecule has 0 aliphatic carbocycles. The molecule has 350 valence electrons. The smallest absolute Gasteiger partial charge is 0.403 e. The number of halogens is 20. The second-order valence-corrected chi connectivity index (χ2v) is 13.1. The molecule has 28 heteroatoms. The van der Waals surface area contributed by atoms with Crippen LogP contribution < -0.4 is 26.4 Å². The third-order valence-corrected chi connectivity index (χ3v) is 9.58. The average Bonchev–Trinajstić information content (AvgIpc) is 3.32. The molecular weight excluding hydrogens is 963 g/mol. The van der Waals surface area contributed by atoms with Gasteiger partial charge in [0.15, 0.2) is 82.7 Å². The standard InChI is InChI=1S/C24BF20.C15H13N4O3/c26-5-1(6(27)14(35)21(42)13(5)34)25(2-7(28)15(36)22(43)16(37)8(2)29,3-9(30)17(38)23(44)18(39)10(3)31)4-11(32)19(40)24(45)20(41)12(4)33;16-18-17-11-22-15(21)13-8-4-5-9-19(13)10-14(20)12-6-2-1-3-7-12/h;1-9H,10-11H2/q-1;+1. The molecule has 0 bridgehead atoms. The molecular formula is C39H13BF20N4O3. The highest BCUT2D eigenvalue weighted by molar-refractivity contribution is 7.20. The maximum absolute atomic E-state index is 15.4. The van der Waals surface area contributed by atoms with Crippen LogP contribution in [0.25, 0.3) is 10.4 Å². The summed E-state index contributed by atoms with van der Waals surface area (Å²) in [5.41, 5.74) is -5.39. The summed E-state index contributed by atoms with van der Waals surface area (Å²) in [5, 5.41) is 3.14. The second kappa shape index (κ2) is 19.5. The van der Waals surface area contributed by atoms with Gasteiger partial charge in [-0.3, -0.25) is 4.79 Å². The van der Waals surface area contributed by atoms with Gasteiger partial charge in [0.2, 0.25) is 12.3 Å². The second-order valence-electron chi connectivity index (χ2n) is 13.1. The number of hydrogen-bond donors (Lipinski definition) is 0. The number of aromatic nitrogens is 1. The largest absolute Gasteiger partial charge is 0.452 e. The lowest BCUT2D eigenvalue weighted by Crippen LogP contribution is -2.81. The monoisotopic (exact) mass is 976 g/mol. The molecule has 7 nitrogen and oxygen atoms in total. The fourth-order valence-electron chi connectivity index (χ4n) is 6.73. The minimum absolute atomic E-state index is 0.0107. The molecule has 1 aromatic heterocycles. The summed E-state index contributed by atoms with van der Waals surface area (Å²) >= 11 is 0. The summed E-state index contributed by atoms with van der Waals surface area (Å²) in [6, 6.07) is 13.7. The molecule has 0 fully saturated rings. The molecule has 0 N–H and O–H groups in total. The first-order valence-corrected chi connectivity index (χ1v) is 17.4. The number of azide groups is 1. The summed E-state index contributed by atoms with van der Waals surface area (Å²) in [4.78, 5) is 26.6. The van der Waals surface area contributed by atoms with E-state index in [-0.39, 0.29) is 18.0 Å². The zero-order valence-electron chi connectivity index (χ0n) is 31.8. The number of ether oxygens (including phenoxy) is 1. The van der Waals surface area contributed by atoms with Crippen LogP contribution >= 0.6 is 0 Å². The summed E-state index contributed by atoms with van der Waals surface area (Å²) in [6.45, 7) is -0.381. The average molecular weight is 976 g/mol. The lowest BCUT2D eigenvalue weighted by atomic mass is 9.12. The summed E-state index contributed by atoms with van der Waals surface area (Å²) in [7, 11) is 0. The van der Waals surface area contributed by atoms with Crippen LogP contribution in [0, 0.1) is 116 Å². The Balaban J connectivity index is 0.000000319. The van der Waals surface area contributed by atoms with Crippen molar-refractivity contribution < 1.29 is 107 Å². The van der Waals surface area contributed by atoms with Gasteiger partial charge in [-0.05, 0) is 11.6 Å². The lowest BCUT2D eigenvalue weighted by molar-refractivity contribution is -0.685. The molecule has 0 aliphatic rings. The van der Waals surface area contributed by atoms with Gasteiger partial charge >= 0.3 is 5.97 Å². The summed E-state index contributed by atoms with van der Waals surface area (Å²) < 4.78 is 300. The summed E-state index contributed by atoms with van der Waals surface area (Å²) in [6.07, 6.45) is -5.60. The minimum Gasteiger partial charge on any atom is -0.452 e. The Kier molecular flexibility index (Phi) is 14.6. The molecule has 0 atom stereocenters. The Bertz CT molecular complexity index is 2680. The normalized spacial score (nSPS) is 11.2. The number of benzene rings is 5. The van der Waals surface area contributed by atoms with Crippen molar-refractivity contribution >= 4 is 39.7 Å². The molecule has 0 unspecified atom stereocenters. The van der Waals surface area contributed by atoms with E-state index < -0.39 is 157 Å². The van der Waals surface area contributed by atoms with Crippen LogP contribution in [0.1, 0.15) is 20.8 Å². The van der Waals surface area contributed by atoms with Gasteiger partial charge in [-0.1, -0.05) is 35.4 Å². The van der Waals surface area contributed by atoms with Gasteiger partial charge in [-0.25, -0.2) is 92.6 Å². The van der Waals surface area contributed by atoms with Gasteiger partial charge in [0.25, 0.3) is 5.69 Å². The van der Waals surface area contributed by atoms with Crippen LogP contribution in [0.5, 0.6) is 0 Å². The van der Waals surface area contributed by atoms with Gasteiger partial charge in [0.1, 0.15) is 52.7 Å².